The standard InChI is InChI=1S/C10H17NO2/c1-13-9(12)6-10(11)5-4-7-2-3-8(7)10/h7-8H,2-6,11H2,1H3/t7-,8-,10?/m1/s1. The summed E-state index contributed by atoms with van der Waals surface area (Å²) in [6.07, 6.45) is 5.13. The number of fused-ring (bicyclic) bond motifs is 1. The Morgan fingerprint density at radius 3 is 2.77 bits per heavy atom. The van der Waals surface area contributed by atoms with E-state index in [1.807, 2.05) is 0 Å². The summed E-state index contributed by atoms with van der Waals surface area (Å²) in [6.45, 7) is 0. The molecule has 2 rings (SSSR count). The molecule has 0 amide bonds. The highest BCUT2D eigenvalue weighted by Gasteiger charge is 2.51. The van der Waals surface area contributed by atoms with Crippen LogP contribution in [0.3, 0.4) is 0 Å². The van der Waals surface area contributed by atoms with Gasteiger partial charge in [0.15, 0.2) is 0 Å². The maximum atomic E-state index is 11.1. The normalized spacial score (nSPS) is 42.3. The molecule has 1 unspecified atom stereocenters. The summed E-state index contributed by atoms with van der Waals surface area (Å²) in [5.74, 6) is 1.23. The lowest BCUT2D eigenvalue weighted by molar-refractivity contribution is -0.142. The van der Waals surface area contributed by atoms with E-state index in [1.54, 1.807) is 0 Å². The SMILES string of the molecule is COC(=O)CC1(N)CC[C@H]2CC[C@H]21. The van der Waals surface area contributed by atoms with Crippen molar-refractivity contribution in [3.63, 3.8) is 0 Å². The summed E-state index contributed by atoms with van der Waals surface area (Å²) >= 11 is 0. The van der Waals surface area contributed by atoms with Crippen LogP contribution in [0.2, 0.25) is 0 Å². The largest absolute Gasteiger partial charge is 0.469 e. The van der Waals surface area contributed by atoms with Gasteiger partial charge in [-0.05, 0) is 37.5 Å². The zero-order valence-electron chi connectivity index (χ0n) is 8.08. The van der Waals surface area contributed by atoms with E-state index < -0.39 is 0 Å². The maximum Gasteiger partial charge on any atom is 0.307 e. The minimum atomic E-state index is -0.240. The third-order valence-corrected chi connectivity index (χ3v) is 3.84. The van der Waals surface area contributed by atoms with Gasteiger partial charge in [-0.2, -0.15) is 0 Å². The van der Waals surface area contributed by atoms with Crippen molar-refractivity contribution in [2.75, 3.05) is 7.11 Å². The van der Waals surface area contributed by atoms with Crippen LogP contribution in [0.25, 0.3) is 0 Å². The number of ether oxygens (including phenoxy) is 1. The van der Waals surface area contributed by atoms with E-state index in [0.717, 1.165) is 12.3 Å². The van der Waals surface area contributed by atoms with Crippen molar-refractivity contribution in [1.82, 2.24) is 0 Å². The molecule has 0 spiro atoms. The number of carbonyl (C=O) groups is 1. The first-order valence-electron chi connectivity index (χ1n) is 5.01. The van der Waals surface area contributed by atoms with Crippen LogP contribution in [0.5, 0.6) is 0 Å². The third kappa shape index (κ3) is 1.35. The van der Waals surface area contributed by atoms with E-state index in [2.05, 4.69) is 4.74 Å². The molecule has 3 heteroatoms. The predicted molar refractivity (Wildman–Crippen MR) is 49.0 cm³/mol. The fourth-order valence-electron chi connectivity index (χ4n) is 2.87. The first kappa shape index (κ1) is 9.00. The summed E-state index contributed by atoms with van der Waals surface area (Å²) in [5, 5.41) is 0. The van der Waals surface area contributed by atoms with Gasteiger partial charge in [-0.15, -0.1) is 0 Å². The summed E-state index contributed by atoms with van der Waals surface area (Å²) in [5.41, 5.74) is 5.98. The number of hydrogen-bond donors (Lipinski definition) is 1. The first-order chi connectivity index (χ1) is 6.15. The van der Waals surface area contributed by atoms with Crippen LogP contribution in [0.1, 0.15) is 32.1 Å². The van der Waals surface area contributed by atoms with E-state index >= 15 is 0 Å². The lowest BCUT2D eigenvalue weighted by Crippen LogP contribution is -2.49. The molecule has 3 atom stereocenters. The molecule has 13 heavy (non-hydrogen) atoms. The smallest absolute Gasteiger partial charge is 0.307 e. The Kier molecular flexibility index (Phi) is 2.06. The summed E-state index contributed by atoms with van der Waals surface area (Å²) in [4.78, 5) is 11.1. The molecule has 0 heterocycles. The van der Waals surface area contributed by atoms with E-state index in [0.29, 0.717) is 12.3 Å². The van der Waals surface area contributed by atoms with Crippen molar-refractivity contribution in [2.45, 2.75) is 37.6 Å². The molecule has 0 saturated heterocycles. The topological polar surface area (TPSA) is 52.3 Å². The maximum absolute atomic E-state index is 11.1. The molecule has 0 aromatic rings. The zero-order chi connectivity index (χ0) is 9.47. The highest BCUT2D eigenvalue weighted by Crippen LogP contribution is 2.52. The Morgan fingerprint density at radius 2 is 2.31 bits per heavy atom. The molecule has 2 aliphatic rings. The molecule has 0 bridgehead atoms. The van der Waals surface area contributed by atoms with Crippen molar-refractivity contribution in [1.29, 1.82) is 0 Å². The van der Waals surface area contributed by atoms with Crippen LogP contribution < -0.4 is 5.73 Å². The second-order valence-electron chi connectivity index (χ2n) is 4.47. The van der Waals surface area contributed by atoms with Gasteiger partial charge in [0.05, 0.1) is 13.5 Å². The molecule has 0 aliphatic heterocycles. The van der Waals surface area contributed by atoms with E-state index in [9.17, 15) is 4.79 Å². The van der Waals surface area contributed by atoms with Crippen LogP contribution in [-0.2, 0) is 9.53 Å². The Bertz CT molecular complexity index is 229. The Morgan fingerprint density at radius 1 is 1.54 bits per heavy atom. The van der Waals surface area contributed by atoms with Gasteiger partial charge in [-0.25, -0.2) is 0 Å². The molecule has 2 saturated carbocycles. The number of carbonyl (C=O) groups excluding carboxylic acids is 1. The highest BCUT2D eigenvalue weighted by molar-refractivity contribution is 5.71. The summed E-state index contributed by atoms with van der Waals surface area (Å²) in [6, 6.07) is 0. The molecular formula is C10H17NO2. The van der Waals surface area contributed by atoms with Crippen molar-refractivity contribution in [2.24, 2.45) is 17.6 Å². The lowest BCUT2D eigenvalue weighted by atomic mass is 9.68. The quantitative estimate of drug-likeness (QED) is 0.651. The minimum absolute atomic E-state index is 0.157. The van der Waals surface area contributed by atoms with Crippen molar-refractivity contribution in [3.8, 4) is 0 Å². The van der Waals surface area contributed by atoms with Crippen molar-refractivity contribution >= 4 is 5.97 Å². The van der Waals surface area contributed by atoms with Gasteiger partial charge >= 0.3 is 5.97 Å². The molecule has 2 aliphatic carbocycles. The van der Waals surface area contributed by atoms with Crippen molar-refractivity contribution < 1.29 is 9.53 Å². The van der Waals surface area contributed by atoms with Gasteiger partial charge in [0, 0.05) is 5.54 Å². The van der Waals surface area contributed by atoms with Gasteiger partial charge in [0.1, 0.15) is 0 Å². The molecule has 3 nitrogen and oxygen atoms in total. The van der Waals surface area contributed by atoms with Gasteiger partial charge < -0.3 is 10.5 Å². The van der Waals surface area contributed by atoms with Gasteiger partial charge in [0.25, 0.3) is 0 Å². The second-order valence-corrected chi connectivity index (χ2v) is 4.47. The number of nitrogens with two attached hydrogens (primary N) is 1. The lowest BCUT2D eigenvalue weighted by Gasteiger charge is -2.40. The number of hydrogen-bond acceptors (Lipinski definition) is 3. The second kappa shape index (κ2) is 2.98. The van der Waals surface area contributed by atoms with Crippen LogP contribution in [-0.4, -0.2) is 18.6 Å². The molecular weight excluding hydrogens is 166 g/mol. The highest BCUT2D eigenvalue weighted by atomic mass is 16.5. The van der Waals surface area contributed by atoms with Gasteiger partial charge in [0.2, 0.25) is 0 Å². The number of esters is 1. The Hall–Kier alpha value is -0.570. The third-order valence-electron chi connectivity index (χ3n) is 3.84. The van der Waals surface area contributed by atoms with Crippen LogP contribution in [0.15, 0.2) is 0 Å². The number of methoxy groups -OCH3 is 1. The summed E-state index contributed by atoms with van der Waals surface area (Å²) < 4.78 is 4.67. The van der Waals surface area contributed by atoms with E-state index in [-0.39, 0.29) is 11.5 Å². The average Bonchev–Trinajstić information content (AvgIpc) is 2.21. The molecule has 0 radical (unpaired) electrons. The monoisotopic (exact) mass is 183 g/mol. The fourth-order valence-corrected chi connectivity index (χ4v) is 2.87. The first-order valence-corrected chi connectivity index (χ1v) is 5.01. The Balaban J connectivity index is 2.00. The van der Waals surface area contributed by atoms with Gasteiger partial charge in [-0.1, -0.05) is 0 Å². The molecule has 0 aromatic carbocycles. The average molecular weight is 183 g/mol. The van der Waals surface area contributed by atoms with Crippen molar-refractivity contribution in [3.05, 3.63) is 0 Å². The molecule has 2 N–H and O–H groups in total. The van der Waals surface area contributed by atoms with E-state index in [4.69, 9.17) is 5.73 Å². The van der Waals surface area contributed by atoms with Crippen LogP contribution in [0.4, 0.5) is 0 Å². The molecule has 0 aromatic heterocycles. The number of rotatable bonds is 2. The minimum Gasteiger partial charge on any atom is -0.469 e. The Labute approximate surface area is 78.6 Å². The summed E-state index contributed by atoms with van der Waals surface area (Å²) in [7, 11) is 1.43. The van der Waals surface area contributed by atoms with Gasteiger partial charge in [-0.3, -0.25) is 4.79 Å². The van der Waals surface area contributed by atoms with Crippen LogP contribution >= 0.6 is 0 Å². The van der Waals surface area contributed by atoms with E-state index in [1.165, 1.54) is 26.4 Å². The predicted octanol–water partition coefficient (Wildman–Crippen LogP) is 1.07. The molecule has 74 valence electrons. The zero-order valence-corrected chi connectivity index (χ0v) is 8.08. The molecule has 2 fully saturated rings. The van der Waals surface area contributed by atoms with Crippen LogP contribution in [0, 0.1) is 11.8 Å². The fraction of sp³-hybridized carbons (Fsp3) is 0.900.